The van der Waals surface area contributed by atoms with E-state index in [-0.39, 0.29) is 5.60 Å². The van der Waals surface area contributed by atoms with E-state index in [1.807, 2.05) is 17.1 Å². The van der Waals surface area contributed by atoms with Crippen LogP contribution in [0.4, 0.5) is 0 Å². The van der Waals surface area contributed by atoms with Crippen molar-refractivity contribution in [3.8, 4) is 0 Å². The van der Waals surface area contributed by atoms with Crippen LogP contribution in [-0.2, 0) is 4.74 Å². The first-order valence-corrected chi connectivity index (χ1v) is 7.25. The molecule has 15 heavy (non-hydrogen) atoms. The number of rotatable bonds is 1. The van der Waals surface area contributed by atoms with Gasteiger partial charge < -0.3 is 10.1 Å². The standard InChI is InChI=1S/C10H14N2OS2/c1-5-15-12-8(1)9-10(2-6-14-7-10)13-4-3-11-9/h1,5,9,11H,2-4,6-7H2. The van der Waals surface area contributed by atoms with E-state index in [1.165, 1.54) is 17.3 Å². The average Bonchev–Trinajstić information content (AvgIpc) is 2.90. The van der Waals surface area contributed by atoms with Gasteiger partial charge in [0.2, 0.25) is 0 Å². The summed E-state index contributed by atoms with van der Waals surface area (Å²) >= 11 is 3.51. The summed E-state index contributed by atoms with van der Waals surface area (Å²) in [7, 11) is 0. The van der Waals surface area contributed by atoms with E-state index >= 15 is 0 Å². The Bertz CT molecular complexity index is 322. The van der Waals surface area contributed by atoms with Crippen LogP contribution >= 0.6 is 23.3 Å². The molecule has 3 nitrogen and oxygen atoms in total. The topological polar surface area (TPSA) is 34.1 Å². The lowest BCUT2D eigenvalue weighted by molar-refractivity contribution is -0.0804. The maximum Gasteiger partial charge on any atom is 0.0990 e. The molecule has 3 heterocycles. The van der Waals surface area contributed by atoms with Gasteiger partial charge in [-0.15, -0.1) is 0 Å². The van der Waals surface area contributed by atoms with Crippen LogP contribution in [0.5, 0.6) is 0 Å². The van der Waals surface area contributed by atoms with Crippen molar-refractivity contribution in [3.05, 3.63) is 17.1 Å². The lowest BCUT2D eigenvalue weighted by Crippen LogP contribution is -2.52. The number of nitrogens with one attached hydrogen (secondary N) is 1. The van der Waals surface area contributed by atoms with Gasteiger partial charge in [0.05, 0.1) is 23.9 Å². The molecule has 2 atom stereocenters. The second-order valence-electron chi connectivity index (χ2n) is 4.03. The van der Waals surface area contributed by atoms with Crippen molar-refractivity contribution in [3.63, 3.8) is 0 Å². The molecule has 3 rings (SSSR count). The molecule has 0 radical (unpaired) electrons. The summed E-state index contributed by atoms with van der Waals surface area (Å²) in [6, 6.07) is 2.41. The maximum absolute atomic E-state index is 6.04. The summed E-state index contributed by atoms with van der Waals surface area (Å²) in [6.45, 7) is 1.77. The molecule has 82 valence electrons. The SMILES string of the molecule is c1cc(C2NCCOC23CCSC3)ns1. The molecule has 0 aliphatic carbocycles. The number of morpholine rings is 1. The summed E-state index contributed by atoms with van der Waals surface area (Å²) < 4.78 is 10.5. The zero-order valence-electron chi connectivity index (χ0n) is 8.44. The molecule has 2 unspecified atom stereocenters. The molecule has 0 amide bonds. The monoisotopic (exact) mass is 242 g/mol. The maximum atomic E-state index is 6.04. The van der Waals surface area contributed by atoms with Gasteiger partial charge in [0.25, 0.3) is 0 Å². The summed E-state index contributed by atoms with van der Waals surface area (Å²) in [4.78, 5) is 0. The third kappa shape index (κ3) is 1.71. The fourth-order valence-electron chi connectivity index (χ4n) is 2.38. The largest absolute Gasteiger partial charge is 0.371 e. The van der Waals surface area contributed by atoms with E-state index in [9.17, 15) is 0 Å². The Balaban J connectivity index is 1.90. The molecule has 0 saturated carbocycles. The Hall–Kier alpha value is -0.100. The van der Waals surface area contributed by atoms with E-state index in [1.54, 1.807) is 0 Å². The Labute approximate surface area is 97.8 Å². The van der Waals surface area contributed by atoms with Crippen LogP contribution < -0.4 is 5.32 Å². The highest BCUT2D eigenvalue weighted by Crippen LogP contribution is 2.42. The van der Waals surface area contributed by atoms with Crippen LogP contribution in [0, 0.1) is 0 Å². The van der Waals surface area contributed by atoms with Crippen LogP contribution in [0.1, 0.15) is 18.2 Å². The van der Waals surface area contributed by atoms with Gasteiger partial charge in [0.15, 0.2) is 0 Å². The number of thioether (sulfide) groups is 1. The molecule has 1 aromatic rings. The van der Waals surface area contributed by atoms with Crippen LogP contribution in [0.2, 0.25) is 0 Å². The Morgan fingerprint density at radius 1 is 1.60 bits per heavy atom. The number of hydrogen-bond acceptors (Lipinski definition) is 5. The third-order valence-electron chi connectivity index (χ3n) is 3.14. The molecular formula is C10H14N2OS2. The highest BCUT2D eigenvalue weighted by molar-refractivity contribution is 7.99. The summed E-state index contributed by atoms with van der Waals surface area (Å²) in [5.41, 5.74) is 1.17. The zero-order valence-corrected chi connectivity index (χ0v) is 10.1. The summed E-state index contributed by atoms with van der Waals surface area (Å²) in [5, 5.41) is 5.60. The number of ether oxygens (including phenoxy) is 1. The molecule has 2 aliphatic rings. The number of hydrogen-bond donors (Lipinski definition) is 1. The van der Waals surface area contributed by atoms with E-state index in [0.29, 0.717) is 6.04 Å². The van der Waals surface area contributed by atoms with Gasteiger partial charge >= 0.3 is 0 Å². The van der Waals surface area contributed by atoms with Crippen LogP contribution in [0.15, 0.2) is 11.4 Å². The molecule has 0 bridgehead atoms. The predicted molar refractivity (Wildman–Crippen MR) is 63.5 cm³/mol. The molecular weight excluding hydrogens is 228 g/mol. The van der Waals surface area contributed by atoms with Crippen molar-refractivity contribution in [2.24, 2.45) is 0 Å². The van der Waals surface area contributed by atoms with Crippen LogP contribution in [0.25, 0.3) is 0 Å². The highest BCUT2D eigenvalue weighted by Gasteiger charge is 2.46. The minimum atomic E-state index is 0.0109. The first-order valence-electron chi connectivity index (χ1n) is 5.26. The molecule has 2 saturated heterocycles. The number of aromatic nitrogens is 1. The fourth-order valence-corrected chi connectivity index (χ4v) is 4.30. The van der Waals surface area contributed by atoms with Gasteiger partial charge in [0.1, 0.15) is 0 Å². The van der Waals surface area contributed by atoms with E-state index in [0.717, 1.165) is 31.0 Å². The average molecular weight is 242 g/mol. The highest BCUT2D eigenvalue weighted by atomic mass is 32.2. The van der Waals surface area contributed by atoms with Crippen molar-refractivity contribution in [2.75, 3.05) is 24.7 Å². The minimum absolute atomic E-state index is 0.0109. The van der Waals surface area contributed by atoms with Crippen molar-refractivity contribution >= 4 is 23.3 Å². The molecule has 5 heteroatoms. The second kappa shape index (κ2) is 4.05. The Kier molecular flexibility index (Phi) is 2.72. The van der Waals surface area contributed by atoms with Crippen molar-refractivity contribution in [1.29, 1.82) is 0 Å². The van der Waals surface area contributed by atoms with Gasteiger partial charge in [0, 0.05) is 17.7 Å². The quantitative estimate of drug-likeness (QED) is 0.812. The summed E-state index contributed by atoms with van der Waals surface area (Å²) in [6.07, 6.45) is 1.15. The van der Waals surface area contributed by atoms with E-state index < -0.39 is 0 Å². The van der Waals surface area contributed by atoms with Gasteiger partial charge in [-0.05, 0) is 29.8 Å². The number of nitrogens with zero attached hydrogens (tertiary/aromatic N) is 1. The van der Waals surface area contributed by atoms with Gasteiger partial charge in [-0.25, -0.2) is 0 Å². The smallest absolute Gasteiger partial charge is 0.0990 e. The van der Waals surface area contributed by atoms with E-state index in [2.05, 4.69) is 15.8 Å². The van der Waals surface area contributed by atoms with E-state index in [4.69, 9.17) is 4.74 Å². The zero-order chi connectivity index (χ0) is 10.1. The van der Waals surface area contributed by atoms with Crippen molar-refractivity contribution in [1.82, 2.24) is 9.69 Å². The molecule has 1 spiro atoms. The van der Waals surface area contributed by atoms with Gasteiger partial charge in [-0.3, -0.25) is 0 Å². The van der Waals surface area contributed by atoms with Crippen LogP contribution in [-0.4, -0.2) is 34.6 Å². The van der Waals surface area contributed by atoms with Crippen molar-refractivity contribution in [2.45, 2.75) is 18.1 Å². The Morgan fingerprint density at radius 2 is 2.60 bits per heavy atom. The molecule has 1 N–H and O–H groups in total. The first-order chi connectivity index (χ1) is 7.41. The normalized spacial score (nSPS) is 36.1. The Morgan fingerprint density at radius 3 is 3.33 bits per heavy atom. The second-order valence-corrected chi connectivity index (χ2v) is 5.80. The fraction of sp³-hybridized carbons (Fsp3) is 0.700. The lowest BCUT2D eigenvalue weighted by atomic mass is 9.89. The van der Waals surface area contributed by atoms with Crippen LogP contribution in [0.3, 0.4) is 0 Å². The van der Waals surface area contributed by atoms with Gasteiger partial charge in [-0.2, -0.15) is 16.1 Å². The van der Waals surface area contributed by atoms with Crippen molar-refractivity contribution < 1.29 is 4.74 Å². The molecule has 1 aromatic heterocycles. The summed E-state index contributed by atoms with van der Waals surface area (Å²) in [5.74, 6) is 2.31. The lowest BCUT2D eigenvalue weighted by Gasteiger charge is -2.40. The molecule has 0 aromatic carbocycles. The first kappa shape index (κ1) is 10.1. The molecule has 2 fully saturated rings. The molecule has 2 aliphatic heterocycles. The minimum Gasteiger partial charge on any atom is -0.371 e. The van der Waals surface area contributed by atoms with Gasteiger partial charge in [-0.1, -0.05) is 0 Å². The predicted octanol–water partition coefficient (Wildman–Crippen LogP) is 1.68. The third-order valence-corrected chi connectivity index (χ3v) is 4.90.